The van der Waals surface area contributed by atoms with Crippen molar-refractivity contribution in [3.63, 3.8) is 0 Å². The van der Waals surface area contributed by atoms with Gasteiger partial charge in [-0.05, 0) is 19.1 Å². The van der Waals surface area contributed by atoms with Gasteiger partial charge in [-0.15, -0.1) is 0 Å². The summed E-state index contributed by atoms with van der Waals surface area (Å²) in [6.45, 7) is 2.23. The molecule has 1 atom stereocenters. The highest BCUT2D eigenvalue weighted by atomic mass is 16.4. The van der Waals surface area contributed by atoms with E-state index in [9.17, 15) is 4.79 Å². The summed E-state index contributed by atoms with van der Waals surface area (Å²) < 4.78 is 0. The number of carbonyl (C=O) groups is 1. The topological polar surface area (TPSA) is 77.2 Å². The fourth-order valence-corrected chi connectivity index (χ4v) is 1.41. The second kappa shape index (κ2) is 5.12. The Bertz CT molecular complexity index is 425. The molecule has 1 aromatic heterocycles. The number of carboxylic acids is 1. The van der Waals surface area contributed by atoms with E-state index in [2.05, 4.69) is 11.1 Å². The molecule has 0 aliphatic carbocycles. The number of anilines is 1. The van der Waals surface area contributed by atoms with Gasteiger partial charge in [-0.25, -0.2) is 9.78 Å². The molecule has 0 spiro atoms. The van der Waals surface area contributed by atoms with E-state index in [-0.39, 0.29) is 11.5 Å². The van der Waals surface area contributed by atoms with Gasteiger partial charge in [0.25, 0.3) is 0 Å². The Labute approximate surface area is 93.9 Å². The summed E-state index contributed by atoms with van der Waals surface area (Å²) in [5.74, 6) is -0.801. The van der Waals surface area contributed by atoms with E-state index < -0.39 is 5.97 Å². The van der Waals surface area contributed by atoms with Crippen molar-refractivity contribution in [1.29, 1.82) is 5.26 Å². The summed E-state index contributed by atoms with van der Waals surface area (Å²) in [5, 5.41) is 17.7. The number of hydrogen-bond acceptors (Lipinski definition) is 4. The Morgan fingerprint density at radius 1 is 1.75 bits per heavy atom. The molecule has 0 aliphatic rings. The molecule has 1 rings (SSSR count). The van der Waals surface area contributed by atoms with Gasteiger partial charge < -0.3 is 10.0 Å². The van der Waals surface area contributed by atoms with Gasteiger partial charge in [0, 0.05) is 19.8 Å². The van der Waals surface area contributed by atoms with Crippen LogP contribution in [0.3, 0.4) is 0 Å². The lowest BCUT2D eigenvalue weighted by Crippen LogP contribution is -2.26. The van der Waals surface area contributed by atoms with Crippen LogP contribution in [0, 0.1) is 17.2 Å². The van der Waals surface area contributed by atoms with Crippen molar-refractivity contribution in [3.05, 3.63) is 23.9 Å². The molecule has 0 amide bonds. The van der Waals surface area contributed by atoms with E-state index in [1.807, 2.05) is 0 Å². The van der Waals surface area contributed by atoms with Crippen LogP contribution in [0.4, 0.5) is 5.82 Å². The van der Waals surface area contributed by atoms with E-state index in [1.165, 1.54) is 12.3 Å². The highest BCUT2D eigenvalue weighted by Crippen LogP contribution is 2.16. The fourth-order valence-electron chi connectivity index (χ4n) is 1.41. The molecule has 16 heavy (non-hydrogen) atoms. The first kappa shape index (κ1) is 12.0. The third-order valence-electron chi connectivity index (χ3n) is 2.15. The first-order valence-electron chi connectivity index (χ1n) is 4.85. The van der Waals surface area contributed by atoms with Crippen molar-refractivity contribution < 1.29 is 9.90 Å². The van der Waals surface area contributed by atoms with Crippen LogP contribution in [0.2, 0.25) is 0 Å². The third kappa shape index (κ3) is 2.70. The molecule has 5 heteroatoms. The van der Waals surface area contributed by atoms with Gasteiger partial charge in [-0.3, -0.25) is 0 Å². The number of carboxylic acid groups (broad SMARTS) is 1. The molecular formula is C11H13N3O2. The second-order valence-electron chi connectivity index (χ2n) is 3.59. The maximum atomic E-state index is 10.9. The summed E-state index contributed by atoms with van der Waals surface area (Å²) >= 11 is 0. The molecule has 0 aromatic carbocycles. The highest BCUT2D eigenvalue weighted by Gasteiger charge is 2.15. The number of nitriles is 1. The summed E-state index contributed by atoms with van der Waals surface area (Å²) in [4.78, 5) is 16.7. The zero-order chi connectivity index (χ0) is 12.1. The zero-order valence-corrected chi connectivity index (χ0v) is 9.21. The minimum absolute atomic E-state index is 0.148. The molecule has 0 bridgehead atoms. The van der Waals surface area contributed by atoms with Crippen LogP contribution in [0.5, 0.6) is 0 Å². The number of aromatic carboxylic acids is 1. The third-order valence-corrected chi connectivity index (χ3v) is 2.15. The van der Waals surface area contributed by atoms with Crippen molar-refractivity contribution in [1.82, 2.24) is 4.98 Å². The smallest absolute Gasteiger partial charge is 0.339 e. The zero-order valence-electron chi connectivity index (χ0n) is 9.21. The average molecular weight is 219 g/mol. The van der Waals surface area contributed by atoms with E-state index in [4.69, 9.17) is 10.4 Å². The van der Waals surface area contributed by atoms with Crippen molar-refractivity contribution in [2.75, 3.05) is 18.5 Å². The van der Waals surface area contributed by atoms with Gasteiger partial charge in [0.1, 0.15) is 11.4 Å². The van der Waals surface area contributed by atoms with Crippen LogP contribution in [-0.4, -0.2) is 29.7 Å². The molecule has 0 saturated heterocycles. The Kier molecular flexibility index (Phi) is 3.84. The predicted octanol–water partition coefficient (Wildman–Crippen LogP) is 1.38. The quantitative estimate of drug-likeness (QED) is 0.827. The van der Waals surface area contributed by atoms with Crippen LogP contribution < -0.4 is 4.90 Å². The standard InChI is InChI=1S/C11H13N3O2/c1-8(6-12)7-14(2)10-9(11(15)16)4-3-5-13-10/h3-5,8H,7H2,1-2H3,(H,15,16). The number of pyridine rings is 1. The first-order valence-corrected chi connectivity index (χ1v) is 4.85. The Morgan fingerprint density at radius 2 is 2.44 bits per heavy atom. The van der Waals surface area contributed by atoms with E-state index in [0.29, 0.717) is 12.4 Å². The lowest BCUT2D eigenvalue weighted by Gasteiger charge is -2.20. The van der Waals surface area contributed by atoms with Crippen LogP contribution in [0.1, 0.15) is 17.3 Å². The Balaban J connectivity index is 2.95. The van der Waals surface area contributed by atoms with Gasteiger partial charge in [-0.2, -0.15) is 5.26 Å². The summed E-state index contributed by atoms with van der Waals surface area (Å²) in [6, 6.07) is 5.17. The molecule has 0 aliphatic heterocycles. The maximum Gasteiger partial charge on any atom is 0.339 e. The van der Waals surface area contributed by atoms with E-state index >= 15 is 0 Å². The second-order valence-corrected chi connectivity index (χ2v) is 3.59. The molecule has 1 unspecified atom stereocenters. The molecular weight excluding hydrogens is 206 g/mol. The Morgan fingerprint density at radius 3 is 3.00 bits per heavy atom. The number of aromatic nitrogens is 1. The summed E-state index contributed by atoms with van der Waals surface area (Å²) in [7, 11) is 1.72. The van der Waals surface area contributed by atoms with Crippen LogP contribution >= 0.6 is 0 Å². The maximum absolute atomic E-state index is 10.9. The summed E-state index contributed by atoms with van der Waals surface area (Å²) in [5.41, 5.74) is 0.148. The first-order chi connectivity index (χ1) is 7.56. The minimum Gasteiger partial charge on any atom is -0.478 e. The fraction of sp³-hybridized carbons (Fsp3) is 0.364. The van der Waals surface area contributed by atoms with Crippen molar-refractivity contribution in [2.24, 2.45) is 5.92 Å². The molecule has 0 saturated carbocycles. The van der Waals surface area contributed by atoms with E-state index in [1.54, 1.807) is 24.9 Å². The largest absolute Gasteiger partial charge is 0.478 e. The van der Waals surface area contributed by atoms with Gasteiger partial charge in [-0.1, -0.05) is 0 Å². The predicted molar refractivity (Wildman–Crippen MR) is 59.2 cm³/mol. The summed E-state index contributed by atoms with van der Waals surface area (Å²) in [6.07, 6.45) is 1.54. The Hall–Kier alpha value is -2.09. The minimum atomic E-state index is -1.01. The molecule has 1 N–H and O–H groups in total. The van der Waals surface area contributed by atoms with Crippen molar-refractivity contribution in [3.8, 4) is 6.07 Å². The average Bonchev–Trinajstić information content (AvgIpc) is 2.28. The number of nitrogens with zero attached hydrogens (tertiary/aromatic N) is 3. The molecule has 5 nitrogen and oxygen atoms in total. The highest BCUT2D eigenvalue weighted by molar-refractivity contribution is 5.93. The van der Waals surface area contributed by atoms with Gasteiger partial charge in [0.05, 0.1) is 12.0 Å². The molecule has 84 valence electrons. The van der Waals surface area contributed by atoms with Gasteiger partial charge in [0.15, 0.2) is 0 Å². The normalized spacial score (nSPS) is 11.6. The van der Waals surface area contributed by atoms with Crippen molar-refractivity contribution in [2.45, 2.75) is 6.92 Å². The van der Waals surface area contributed by atoms with Crippen LogP contribution in [-0.2, 0) is 0 Å². The van der Waals surface area contributed by atoms with Gasteiger partial charge >= 0.3 is 5.97 Å². The SMILES string of the molecule is CC(C#N)CN(C)c1ncccc1C(=O)O. The lowest BCUT2D eigenvalue weighted by molar-refractivity contribution is 0.0697. The van der Waals surface area contributed by atoms with Crippen molar-refractivity contribution >= 4 is 11.8 Å². The molecule has 0 radical (unpaired) electrons. The molecule has 1 heterocycles. The monoisotopic (exact) mass is 219 g/mol. The van der Waals surface area contributed by atoms with E-state index in [0.717, 1.165) is 0 Å². The molecule has 1 aromatic rings. The lowest BCUT2D eigenvalue weighted by atomic mass is 10.2. The van der Waals surface area contributed by atoms with Gasteiger partial charge in [0.2, 0.25) is 0 Å². The number of rotatable bonds is 4. The number of hydrogen-bond donors (Lipinski definition) is 1. The molecule has 0 fully saturated rings. The van der Waals surface area contributed by atoms with Crippen LogP contribution in [0.15, 0.2) is 18.3 Å². The van der Waals surface area contributed by atoms with Crippen LogP contribution in [0.25, 0.3) is 0 Å².